The molecule has 23 heavy (non-hydrogen) atoms. The molecule has 6 atom stereocenters. The Labute approximate surface area is 149 Å². The van der Waals surface area contributed by atoms with Crippen molar-refractivity contribution in [3.05, 3.63) is 29.8 Å². The molecular weight excluding hydrogens is 430 g/mol. The Hall–Kier alpha value is -1.21. The van der Waals surface area contributed by atoms with Crippen molar-refractivity contribution in [3.63, 3.8) is 0 Å². The molecule has 3 fully saturated rings. The van der Waals surface area contributed by atoms with E-state index in [9.17, 15) is 14.4 Å². The minimum atomic E-state index is -1.08. The molecule has 0 unspecified atom stereocenters. The standard InChI is InChI=1S/C16H13Br2NO4/c17-12-8-5-9(13(12)18)11-10(8)14(20)19(15(11)21)7-3-1-2-6(4-7)16(22)23/h1-4,8-13H,5H2,(H,22,23)/t8-,9+,10-,11-,12+,13+/m0/s1. The Bertz CT molecular complexity index is 705. The molecule has 1 saturated heterocycles. The largest absolute Gasteiger partial charge is 0.478 e. The fourth-order valence-corrected chi connectivity index (χ4v) is 6.25. The molecule has 1 heterocycles. The van der Waals surface area contributed by atoms with Gasteiger partial charge in [-0.2, -0.15) is 0 Å². The molecule has 3 aliphatic rings. The number of hydrogen-bond donors (Lipinski definition) is 1. The first-order valence-corrected chi connectivity index (χ1v) is 9.24. The van der Waals surface area contributed by atoms with Gasteiger partial charge in [-0.1, -0.05) is 37.9 Å². The highest BCUT2D eigenvalue weighted by Gasteiger charge is 2.66. The van der Waals surface area contributed by atoms with Crippen molar-refractivity contribution in [1.29, 1.82) is 0 Å². The Kier molecular flexibility index (Phi) is 3.43. The quantitative estimate of drug-likeness (QED) is 0.564. The molecule has 2 saturated carbocycles. The minimum Gasteiger partial charge on any atom is -0.478 e. The normalized spacial score (nSPS) is 38.3. The molecule has 0 aromatic heterocycles. The molecule has 1 N–H and O–H groups in total. The number of hydrogen-bond acceptors (Lipinski definition) is 3. The molecule has 120 valence electrons. The van der Waals surface area contributed by atoms with Crippen LogP contribution in [0.3, 0.4) is 0 Å². The molecular formula is C16H13Br2NO4. The summed E-state index contributed by atoms with van der Waals surface area (Å²) in [4.78, 5) is 38.4. The number of benzene rings is 1. The van der Waals surface area contributed by atoms with Crippen LogP contribution in [0.5, 0.6) is 0 Å². The zero-order valence-electron chi connectivity index (χ0n) is 11.9. The van der Waals surface area contributed by atoms with Crippen LogP contribution in [-0.4, -0.2) is 32.5 Å². The van der Waals surface area contributed by atoms with Crippen molar-refractivity contribution >= 4 is 55.3 Å². The Morgan fingerprint density at radius 3 is 2.17 bits per heavy atom. The van der Waals surface area contributed by atoms with E-state index in [4.69, 9.17) is 5.11 Å². The number of alkyl halides is 2. The van der Waals surface area contributed by atoms with E-state index in [2.05, 4.69) is 31.9 Å². The first kappa shape index (κ1) is 15.3. The molecule has 2 amide bonds. The van der Waals surface area contributed by atoms with Gasteiger partial charge in [0.1, 0.15) is 0 Å². The summed E-state index contributed by atoms with van der Waals surface area (Å²) in [7, 11) is 0. The van der Waals surface area contributed by atoms with Crippen LogP contribution in [0, 0.1) is 23.7 Å². The number of halogens is 2. The first-order chi connectivity index (χ1) is 10.9. The molecule has 1 aromatic rings. The summed E-state index contributed by atoms with van der Waals surface area (Å²) in [6, 6.07) is 6.01. The maximum Gasteiger partial charge on any atom is 0.335 e. The van der Waals surface area contributed by atoms with E-state index in [-0.39, 0.29) is 50.7 Å². The molecule has 5 nitrogen and oxygen atoms in total. The van der Waals surface area contributed by atoms with Gasteiger partial charge in [-0.05, 0) is 36.5 Å². The van der Waals surface area contributed by atoms with Crippen molar-refractivity contribution in [1.82, 2.24) is 0 Å². The number of nitrogens with zero attached hydrogens (tertiary/aromatic N) is 1. The number of aromatic carboxylic acids is 1. The number of carboxylic acids is 1. The van der Waals surface area contributed by atoms with E-state index < -0.39 is 5.97 Å². The predicted octanol–water partition coefficient (Wildman–Crippen LogP) is 2.67. The summed E-state index contributed by atoms with van der Waals surface area (Å²) in [6.07, 6.45) is 0.877. The zero-order chi connectivity index (χ0) is 16.5. The maximum atomic E-state index is 12.8. The number of carbonyl (C=O) groups is 3. The van der Waals surface area contributed by atoms with E-state index >= 15 is 0 Å². The van der Waals surface area contributed by atoms with Crippen molar-refractivity contribution < 1.29 is 19.5 Å². The van der Waals surface area contributed by atoms with Gasteiger partial charge in [0.05, 0.1) is 23.1 Å². The smallest absolute Gasteiger partial charge is 0.335 e. The van der Waals surface area contributed by atoms with E-state index in [1.165, 1.54) is 17.0 Å². The second-order valence-corrected chi connectivity index (χ2v) is 8.49. The second kappa shape index (κ2) is 5.14. The highest BCUT2D eigenvalue weighted by atomic mass is 79.9. The van der Waals surface area contributed by atoms with Crippen molar-refractivity contribution in [2.24, 2.45) is 23.7 Å². The van der Waals surface area contributed by atoms with Gasteiger partial charge in [-0.15, -0.1) is 0 Å². The van der Waals surface area contributed by atoms with Crippen LogP contribution in [0.25, 0.3) is 0 Å². The molecule has 0 spiro atoms. The van der Waals surface area contributed by atoms with Gasteiger partial charge in [-0.3, -0.25) is 14.5 Å². The highest BCUT2D eigenvalue weighted by molar-refractivity contribution is 9.12. The van der Waals surface area contributed by atoms with Gasteiger partial charge >= 0.3 is 5.97 Å². The van der Waals surface area contributed by atoms with Crippen molar-refractivity contribution in [2.75, 3.05) is 4.90 Å². The van der Waals surface area contributed by atoms with E-state index in [0.717, 1.165) is 6.42 Å². The third-order valence-corrected chi connectivity index (χ3v) is 8.55. The molecule has 7 heteroatoms. The third-order valence-electron chi connectivity index (χ3n) is 5.34. The summed E-state index contributed by atoms with van der Waals surface area (Å²) in [5.41, 5.74) is 0.422. The summed E-state index contributed by atoms with van der Waals surface area (Å²) in [5.74, 6) is -1.75. The number of imide groups is 1. The van der Waals surface area contributed by atoms with Crippen LogP contribution in [0.4, 0.5) is 5.69 Å². The van der Waals surface area contributed by atoms with E-state index in [1.54, 1.807) is 12.1 Å². The topological polar surface area (TPSA) is 74.7 Å². The van der Waals surface area contributed by atoms with Gasteiger partial charge in [0.25, 0.3) is 0 Å². The lowest BCUT2D eigenvalue weighted by atomic mass is 9.81. The van der Waals surface area contributed by atoms with Crippen molar-refractivity contribution in [2.45, 2.75) is 16.1 Å². The summed E-state index contributed by atoms with van der Waals surface area (Å²) in [5, 5.41) is 9.11. The zero-order valence-corrected chi connectivity index (χ0v) is 15.0. The van der Waals surface area contributed by atoms with E-state index in [1.807, 2.05) is 0 Å². The van der Waals surface area contributed by atoms with Gasteiger partial charge in [0.15, 0.2) is 0 Å². The Morgan fingerprint density at radius 2 is 1.65 bits per heavy atom. The summed E-state index contributed by atoms with van der Waals surface area (Å²) in [6.45, 7) is 0. The van der Waals surface area contributed by atoms with Crippen molar-refractivity contribution in [3.8, 4) is 0 Å². The molecule has 4 rings (SSSR count). The number of anilines is 1. The highest BCUT2D eigenvalue weighted by Crippen LogP contribution is 2.60. The SMILES string of the molecule is O=C(O)c1cccc(N2C(=O)[C@H]3[C@@H]4C[C@@H]([C@@H](Br)[C@@H]4Br)[C@@H]3C2=O)c1. The number of carboxylic acid groups (broad SMARTS) is 1. The monoisotopic (exact) mass is 441 g/mol. The lowest BCUT2D eigenvalue weighted by Crippen LogP contribution is -2.37. The lowest BCUT2D eigenvalue weighted by Gasteiger charge is -2.28. The van der Waals surface area contributed by atoms with Gasteiger partial charge in [0.2, 0.25) is 11.8 Å². The van der Waals surface area contributed by atoms with Crippen LogP contribution in [-0.2, 0) is 9.59 Å². The molecule has 0 radical (unpaired) electrons. The van der Waals surface area contributed by atoms with Crippen LogP contribution < -0.4 is 4.90 Å². The lowest BCUT2D eigenvalue weighted by molar-refractivity contribution is -0.123. The van der Waals surface area contributed by atoms with Crippen LogP contribution in [0.15, 0.2) is 24.3 Å². The number of amides is 2. The third kappa shape index (κ3) is 1.99. The first-order valence-electron chi connectivity index (χ1n) is 7.41. The molecule has 2 aliphatic carbocycles. The molecule has 1 aliphatic heterocycles. The summed E-state index contributed by atoms with van der Waals surface area (Å²) >= 11 is 7.29. The fraction of sp³-hybridized carbons (Fsp3) is 0.438. The van der Waals surface area contributed by atoms with Gasteiger partial charge in [0, 0.05) is 9.65 Å². The van der Waals surface area contributed by atoms with Gasteiger partial charge in [-0.25, -0.2) is 4.79 Å². The predicted molar refractivity (Wildman–Crippen MR) is 89.9 cm³/mol. The van der Waals surface area contributed by atoms with Crippen LogP contribution in [0.1, 0.15) is 16.8 Å². The van der Waals surface area contributed by atoms with Gasteiger partial charge < -0.3 is 5.11 Å². The number of rotatable bonds is 2. The van der Waals surface area contributed by atoms with E-state index in [0.29, 0.717) is 5.69 Å². The molecule has 2 bridgehead atoms. The Balaban J connectivity index is 1.73. The minimum absolute atomic E-state index is 0.0693. The van der Waals surface area contributed by atoms with Crippen LogP contribution in [0.2, 0.25) is 0 Å². The van der Waals surface area contributed by atoms with Crippen LogP contribution >= 0.6 is 31.9 Å². The fourth-order valence-electron chi connectivity index (χ4n) is 4.38. The average Bonchev–Trinajstić information content (AvgIpc) is 3.12. The summed E-state index contributed by atoms with van der Waals surface area (Å²) < 4.78 is 0. The molecule has 1 aromatic carbocycles. The average molecular weight is 443 g/mol. The number of carbonyl (C=O) groups excluding carboxylic acids is 2. The Morgan fingerprint density at radius 1 is 1.09 bits per heavy atom. The second-order valence-electron chi connectivity index (χ2n) is 6.37. The number of fused-ring (bicyclic) bond motifs is 5. The maximum absolute atomic E-state index is 12.8.